The molecule has 0 heterocycles. The lowest BCUT2D eigenvalue weighted by Crippen LogP contribution is -2.13. The number of nitrogens with zero attached hydrogens (tertiary/aromatic N) is 1. The van der Waals surface area contributed by atoms with Gasteiger partial charge < -0.3 is 14.8 Å². The number of esters is 1. The van der Waals surface area contributed by atoms with E-state index in [-0.39, 0.29) is 5.57 Å². The molecule has 0 aliphatic rings. The van der Waals surface area contributed by atoms with E-state index in [1.165, 1.54) is 6.08 Å². The maximum atomic E-state index is 12.4. The third-order valence-electron chi connectivity index (χ3n) is 3.66. The zero-order chi connectivity index (χ0) is 20.4. The number of carbonyl (C=O) groups excluding carboxylic acids is 2. The van der Waals surface area contributed by atoms with E-state index >= 15 is 0 Å². The Balaban J connectivity index is 2.10. The van der Waals surface area contributed by atoms with Crippen molar-refractivity contribution in [3.05, 3.63) is 65.2 Å². The Kier molecular flexibility index (Phi) is 7.79. The molecule has 0 radical (unpaired) electrons. The minimum atomic E-state index is -0.536. The van der Waals surface area contributed by atoms with E-state index in [4.69, 9.17) is 9.47 Å². The van der Waals surface area contributed by atoms with Crippen LogP contribution in [0, 0.1) is 11.3 Å². The Labute approximate surface area is 164 Å². The molecule has 0 bridgehead atoms. The van der Waals surface area contributed by atoms with Gasteiger partial charge >= 0.3 is 5.97 Å². The summed E-state index contributed by atoms with van der Waals surface area (Å²) in [7, 11) is 0. The van der Waals surface area contributed by atoms with Gasteiger partial charge in [0.2, 0.25) is 0 Å². The van der Waals surface area contributed by atoms with Crippen LogP contribution in [0.2, 0.25) is 0 Å². The van der Waals surface area contributed by atoms with Gasteiger partial charge in [0.15, 0.2) is 0 Å². The average molecular weight is 378 g/mol. The van der Waals surface area contributed by atoms with Gasteiger partial charge in [-0.3, -0.25) is 4.79 Å². The Morgan fingerprint density at radius 2 is 1.89 bits per heavy atom. The maximum Gasteiger partial charge on any atom is 0.338 e. The monoisotopic (exact) mass is 378 g/mol. The molecule has 144 valence electrons. The maximum absolute atomic E-state index is 12.4. The van der Waals surface area contributed by atoms with Gasteiger partial charge in [-0.05, 0) is 61.4 Å². The minimum absolute atomic E-state index is 0.0397. The summed E-state index contributed by atoms with van der Waals surface area (Å²) in [5.74, 6) is -0.280. The molecule has 0 fully saturated rings. The highest BCUT2D eigenvalue weighted by molar-refractivity contribution is 6.09. The molecular formula is C22H22N2O4. The predicted molar refractivity (Wildman–Crippen MR) is 107 cm³/mol. The van der Waals surface area contributed by atoms with Crippen LogP contribution >= 0.6 is 0 Å². The molecule has 0 aromatic heterocycles. The molecule has 6 heteroatoms. The number of amides is 1. The number of anilines is 1. The summed E-state index contributed by atoms with van der Waals surface area (Å²) in [5.41, 5.74) is 1.51. The summed E-state index contributed by atoms with van der Waals surface area (Å²) in [6, 6.07) is 15.4. The molecule has 1 N–H and O–H groups in total. The van der Waals surface area contributed by atoms with E-state index in [1.54, 1.807) is 49.4 Å². The second-order valence-electron chi connectivity index (χ2n) is 5.84. The summed E-state index contributed by atoms with van der Waals surface area (Å²) >= 11 is 0. The summed E-state index contributed by atoms with van der Waals surface area (Å²) in [4.78, 5) is 24.1. The standard InChI is InChI=1S/C22H22N2O4/c1-3-12-28-20-7-5-6-16(14-20)13-18(15-23)21(25)24-19-10-8-17(9-11-19)22(26)27-4-2/h5-11,13-14H,3-4,12H2,1-2H3,(H,24,25)/b18-13-. The minimum Gasteiger partial charge on any atom is -0.494 e. The van der Waals surface area contributed by atoms with Crippen molar-refractivity contribution in [2.75, 3.05) is 18.5 Å². The molecule has 0 saturated carbocycles. The van der Waals surface area contributed by atoms with Gasteiger partial charge in [0, 0.05) is 5.69 Å². The van der Waals surface area contributed by atoms with Crippen LogP contribution in [0.25, 0.3) is 6.08 Å². The van der Waals surface area contributed by atoms with Gasteiger partial charge in [-0.15, -0.1) is 0 Å². The van der Waals surface area contributed by atoms with Crippen LogP contribution in [0.3, 0.4) is 0 Å². The third-order valence-corrected chi connectivity index (χ3v) is 3.66. The lowest BCUT2D eigenvalue weighted by molar-refractivity contribution is -0.112. The van der Waals surface area contributed by atoms with E-state index in [9.17, 15) is 14.9 Å². The molecule has 6 nitrogen and oxygen atoms in total. The van der Waals surface area contributed by atoms with Crippen LogP contribution in [0.5, 0.6) is 5.75 Å². The number of rotatable bonds is 8. The van der Waals surface area contributed by atoms with Crippen LogP contribution in [0.4, 0.5) is 5.69 Å². The Morgan fingerprint density at radius 3 is 2.54 bits per heavy atom. The number of benzene rings is 2. The Morgan fingerprint density at radius 1 is 1.14 bits per heavy atom. The fourth-order valence-electron chi connectivity index (χ4n) is 2.33. The molecule has 2 aromatic rings. The van der Waals surface area contributed by atoms with Crippen LogP contribution in [-0.4, -0.2) is 25.1 Å². The number of nitrogens with one attached hydrogen (secondary N) is 1. The smallest absolute Gasteiger partial charge is 0.338 e. The van der Waals surface area contributed by atoms with Crippen molar-refractivity contribution in [1.82, 2.24) is 0 Å². The summed E-state index contributed by atoms with van der Waals surface area (Å²) in [6.45, 7) is 4.63. The zero-order valence-corrected chi connectivity index (χ0v) is 15.9. The average Bonchev–Trinajstić information content (AvgIpc) is 2.71. The van der Waals surface area contributed by atoms with Crippen LogP contribution < -0.4 is 10.1 Å². The Hall–Kier alpha value is -3.59. The van der Waals surface area contributed by atoms with E-state index in [0.29, 0.717) is 35.8 Å². The van der Waals surface area contributed by atoms with Crippen molar-refractivity contribution in [3.63, 3.8) is 0 Å². The Bertz CT molecular complexity index is 895. The first-order valence-electron chi connectivity index (χ1n) is 9.00. The van der Waals surface area contributed by atoms with Crippen molar-refractivity contribution >= 4 is 23.6 Å². The van der Waals surface area contributed by atoms with Crippen LogP contribution in [0.15, 0.2) is 54.1 Å². The molecule has 0 aliphatic heterocycles. The van der Waals surface area contributed by atoms with Crippen LogP contribution in [0.1, 0.15) is 36.2 Å². The second kappa shape index (κ2) is 10.5. The third kappa shape index (κ3) is 5.99. The predicted octanol–water partition coefficient (Wildman–Crippen LogP) is 4.20. The second-order valence-corrected chi connectivity index (χ2v) is 5.84. The van der Waals surface area contributed by atoms with Crippen molar-refractivity contribution in [2.24, 2.45) is 0 Å². The van der Waals surface area contributed by atoms with Gasteiger partial charge in [-0.25, -0.2) is 4.79 Å². The van der Waals surface area contributed by atoms with Crippen LogP contribution in [-0.2, 0) is 9.53 Å². The van der Waals surface area contributed by atoms with E-state index in [2.05, 4.69) is 5.32 Å². The largest absolute Gasteiger partial charge is 0.494 e. The van der Waals surface area contributed by atoms with Gasteiger partial charge in [-0.2, -0.15) is 5.26 Å². The van der Waals surface area contributed by atoms with E-state index < -0.39 is 11.9 Å². The van der Waals surface area contributed by atoms with Gasteiger partial charge in [-0.1, -0.05) is 19.1 Å². The van der Waals surface area contributed by atoms with Crippen molar-refractivity contribution in [3.8, 4) is 11.8 Å². The zero-order valence-electron chi connectivity index (χ0n) is 15.9. The topological polar surface area (TPSA) is 88.4 Å². The number of hydrogen-bond donors (Lipinski definition) is 1. The molecule has 0 atom stereocenters. The molecule has 2 rings (SSSR count). The van der Waals surface area contributed by atoms with Crippen molar-refractivity contribution < 1.29 is 19.1 Å². The number of ether oxygens (including phenoxy) is 2. The fourth-order valence-corrected chi connectivity index (χ4v) is 2.33. The first-order chi connectivity index (χ1) is 13.6. The highest BCUT2D eigenvalue weighted by Gasteiger charge is 2.11. The summed E-state index contributed by atoms with van der Waals surface area (Å²) in [6.07, 6.45) is 2.39. The quantitative estimate of drug-likeness (QED) is 0.422. The number of carbonyl (C=O) groups is 2. The van der Waals surface area contributed by atoms with Gasteiger partial charge in [0.05, 0.1) is 18.8 Å². The summed E-state index contributed by atoms with van der Waals surface area (Å²) < 4.78 is 10.5. The molecule has 0 saturated heterocycles. The molecule has 1 amide bonds. The molecule has 0 unspecified atom stereocenters. The first kappa shape index (κ1) is 20.7. The molecule has 28 heavy (non-hydrogen) atoms. The van der Waals surface area contributed by atoms with Gasteiger partial charge in [0.25, 0.3) is 5.91 Å². The first-order valence-corrected chi connectivity index (χ1v) is 9.00. The lowest BCUT2D eigenvalue weighted by Gasteiger charge is -2.07. The molecular weight excluding hydrogens is 356 g/mol. The van der Waals surface area contributed by atoms with Crippen molar-refractivity contribution in [2.45, 2.75) is 20.3 Å². The van der Waals surface area contributed by atoms with Gasteiger partial charge in [0.1, 0.15) is 17.4 Å². The van der Waals surface area contributed by atoms with E-state index in [0.717, 1.165) is 6.42 Å². The lowest BCUT2D eigenvalue weighted by atomic mass is 10.1. The highest BCUT2D eigenvalue weighted by atomic mass is 16.5. The highest BCUT2D eigenvalue weighted by Crippen LogP contribution is 2.17. The molecule has 2 aromatic carbocycles. The number of hydrogen-bond acceptors (Lipinski definition) is 5. The SMILES string of the molecule is CCCOc1cccc(/C=C(/C#N)C(=O)Nc2ccc(C(=O)OCC)cc2)c1. The van der Waals surface area contributed by atoms with Crippen molar-refractivity contribution in [1.29, 1.82) is 5.26 Å². The normalized spacial score (nSPS) is 10.7. The molecule has 0 aliphatic carbocycles. The number of nitriles is 1. The summed E-state index contributed by atoms with van der Waals surface area (Å²) in [5, 5.41) is 12.0. The molecule has 0 spiro atoms. The van der Waals surface area contributed by atoms with E-state index in [1.807, 2.05) is 19.1 Å². The fraction of sp³-hybridized carbons (Fsp3) is 0.227.